The number of halogens is 5. The molecule has 1 fully saturated rings. The van der Waals surface area contributed by atoms with Crippen LogP contribution in [0.4, 0.5) is 25.1 Å². The standard InChI is InChI=1S/C11H14F5NS/c12-18(13,14,15,16)11-6-4-10(5-7-11)17-8-2-1-3-9-17/h4-7H,1-3,8-9H2. The van der Waals surface area contributed by atoms with E-state index in [-0.39, 0.29) is 0 Å². The van der Waals surface area contributed by atoms with Gasteiger partial charge >= 0.3 is 10.2 Å². The summed E-state index contributed by atoms with van der Waals surface area (Å²) in [6, 6.07) is 3.20. The van der Waals surface area contributed by atoms with Gasteiger partial charge in [-0.3, -0.25) is 0 Å². The first kappa shape index (κ1) is 13.5. The van der Waals surface area contributed by atoms with Crippen molar-refractivity contribution in [2.75, 3.05) is 18.0 Å². The van der Waals surface area contributed by atoms with E-state index in [9.17, 15) is 19.4 Å². The summed E-state index contributed by atoms with van der Waals surface area (Å²) in [5.74, 6) is 0. The maximum absolute atomic E-state index is 12.5. The fraction of sp³-hybridized carbons (Fsp3) is 0.455. The van der Waals surface area contributed by atoms with Gasteiger partial charge in [-0.25, -0.2) is 0 Å². The maximum Gasteiger partial charge on any atom is 0.310 e. The van der Waals surface area contributed by atoms with Crippen LogP contribution in [0.5, 0.6) is 0 Å². The first-order valence-corrected chi connectivity index (χ1v) is 7.60. The molecular formula is C11H14F5NS. The minimum atomic E-state index is -9.53. The smallest absolute Gasteiger partial charge is 0.310 e. The SMILES string of the molecule is FS(F)(F)(F)(F)c1ccc(N2CCCCC2)cc1. The van der Waals surface area contributed by atoms with E-state index in [0.717, 1.165) is 44.5 Å². The average molecular weight is 287 g/mol. The van der Waals surface area contributed by atoms with Crippen molar-refractivity contribution in [1.82, 2.24) is 0 Å². The van der Waals surface area contributed by atoms with E-state index in [4.69, 9.17) is 0 Å². The highest BCUT2D eigenvalue weighted by atomic mass is 32.5. The second-order valence-electron chi connectivity index (χ2n) is 4.51. The molecule has 0 aromatic heterocycles. The molecule has 1 aliphatic rings. The van der Waals surface area contributed by atoms with E-state index in [1.54, 1.807) is 0 Å². The molecule has 0 spiro atoms. The lowest BCUT2D eigenvalue weighted by molar-refractivity contribution is 0.364. The molecule has 1 aromatic carbocycles. The van der Waals surface area contributed by atoms with Crippen molar-refractivity contribution in [2.45, 2.75) is 24.2 Å². The number of benzene rings is 1. The minimum absolute atomic E-state index is 0.478. The third kappa shape index (κ3) is 3.07. The fourth-order valence-electron chi connectivity index (χ4n) is 2.07. The number of hydrogen-bond donors (Lipinski definition) is 0. The normalized spacial score (nSPS) is 21.3. The average Bonchev–Trinajstić information content (AvgIpc) is 2.28. The Hall–Kier alpha value is -0.980. The van der Waals surface area contributed by atoms with E-state index in [1.165, 1.54) is 0 Å². The van der Waals surface area contributed by atoms with E-state index in [0.29, 0.717) is 17.8 Å². The molecule has 0 aliphatic carbocycles. The number of hydrogen-bond acceptors (Lipinski definition) is 1. The van der Waals surface area contributed by atoms with Crippen LogP contribution in [0.3, 0.4) is 0 Å². The van der Waals surface area contributed by atoms with Crippen molar-refractivity contribution in [3.05, 3.63) is 24.3 Å². The van der Waals surface area contributed by atoms with Gasteiger partial charge in [-0.15, -0.1) is 0 Å². The van der Waals surface area contributed by atoms with Gasteiger partial charge in [0.05, 0.1) is 0 Å². The van der Waals surface area contributed by atoms with Gasteiger partial charge in [0, 0.05) is 18.8 Å². The van der Waals surface area contributed by atoms with Crippen LogP contribution in [0.25, 0.3) is 0 Å². The van der Waals surface area contributed by atoms with Gasteiger partial charge in [0.15, 0.2) is 0 Å². The number of anilines is 1. The topological polar surface area (TPSA) is 3.24 Å². The Labute approximate surface area is 102 Å². The monoisotopic (exact) mass is 287 g/mol. The van der Waals surface area contributed by atoms with Crippen LogP contribution in [0.1, 0.15) is 19.3 Å². The van der Waals surface area contributed by atoms with E-state index < -0.39 is 15.1 Å². The largest absolute Gasteiger partial charge is 0.372 e. The van der Waals surface area contributed by atoms with Gasteiger partial charge in [-0.2, -0.15) is 0 Å². The molecule has 18 heavy (non-hydrogen) atoms. The molecule has 0 unspecified atom stereocenters. The Balaban J connectivity index is 2.26. The highest BCUT2D eigenvalue weighted by molar-refractivity contribution is 8.45. The first-order valence-electron chi connectivity index (χ1n) is 5.65. The zero-order chi connectivity index (χ0) is 13.5. The Morgan fingerprint density at radius 1 is 0.778 bits per heavy atom. The molecule has 2 rings (SSSR count). The molecular weight excluding hydrogens is 273 g/mol. The lowest BCUT2D eigenvalue weighted by Gasteiger charge is -2.40. The van der Waals surface area contributed by atoms with Gasteiger partial charge in [-0.1, -0.05) is 19.4 Å². The van der Waals surface area contributed by atoms with Crippen molar-refractivity contribution in [3.63, 3.8) is 0 Å². The highest BCUT2D eigenvalue weighted by Gasteiger charge is 2.65. The Morgan fingerprint density at radius 2 is 1.28 bits per heavy atom. The van der Waals surface area contributed by atoms with Crippen molar-refractivity contribution in [2.24, 2.45) is 0 Å². The summed E-state index contributed by atoms with van der Waals surface area (Å²) in [4.78, 5) is 0.0920. The molecule has 0 saturated carbocycles. The zero-order valence-corrected chi connectivity index (χ0v) is 10.4. The predicted molar refractivity (Wildman–Crippen MR) is 63.9 cm³/mol. The van der Waals surface area contributed by atoms with Crippen LogP contribution in [0.2, 0.25) is 0 Å². The first-order chi connectivity index (χ1) is 8.06. The summed E-state index contributed by atoms with van der Waals surface area (Å²) in [6.07, 6.45) is 3.05. The molecule has 104 valence electrons. The van der Waals surface area contributed by atoms with Crippen LogP contribution in [0.15, 0.2) is 29.2 Å². The van der Waals surface area contributed by atoms with Crippen LogP contribution >= 0.6 is 10.2 Å². The fourth-order valence-corrected chi connectivity index (χ4v) is 2.72. The molecule has 0 amide bonds. The Kier molecular flexibility index (Phi) is 2.63. The quantitative estimate of drug-likeness (QED) is 0.664. The number of nitrogens with zero attached hydrogens (tertiary/aromatic N) is 1. The molecule has 7 heteroatoms. The maximum atomic E-state index is 12.5. The Bertz CT molecular complexity index is 432. The summed E-state index contributed by atoms with van der Waals surface area (Å²) >= 11 is 0. The van der Waals surface area contributed by atoms with Crippen LogP contribution < -0.4 is 4.90 Å². The van der Waals surface area contributed by atoms with E-state index in [2.05, 4.69) is 0 Å². The van der Waals surface area contributed by atoms with Crippen molar-refractivity contribution in [3.8, 4) is 0 Å². The third-order valence-electron chi connectivity index (χ3n) is 3.00. The van der Waals surface area contributed by atoms with E-state index >= 15 is 0 Å². The molecule has 0 atom stereocenters. The van der Waals surface area contributed by atoms with Gasteiger partial charge in [0.2, 0.25) is 0 Å². The molecule has 0 N–H and O–H groups in total. The van der Waals surface area contributed by atoms with Crippen molar-refractivity contribution in [1.29, 1.82) is 0 Å². The minimum Gasteiger partial charge on any atom is -0.372 e. The lowest BCUT2D eigenvalue weighted by Crippen LogP contribution is -2.29. The predicted octanol–water partition coefficient (Wildman–Crippen LogP) is 5.33. The molecule has 1 heterocycles. The number of piperidine rings is 1. The zero-order valence-electron chi connectivity index (χ0n) is 9.59. The molecule has 1 nitrogen and oxygen atoms in total. The van der Waals surface area contributed by atoms with Crippen molar-refractivity contribution < 1.29 is 19.4 Å². The third-order valence-corrected chi connectivity index (χ3v) is 4.17. The number of rotatable bonds is 2. The molecule has 0 bridgehead atoms. The highest BCUT2D eigenvalue weighted by Crippen LogP contribution is 3.02. The summed E-state index contributed by atoms with van der Waals surface area (Å²) in [5, 5.41) is 0. The second-order valence-corrected chi connectivity index (χ2v) is 6.92. The van der Waals surface area contributed by atoms with Crippen molar-refractivity contribution >= 4 is 15.9 Å². The summed E-state index contributed by atoms with van der Waals surface area (Å²) in [7, 11) is -9.53. The van der Waals surface area contributed by atoms with Gasteiger partial charge in [0.25, 0.3) is 0 Å². The van der Waals surface area contributed by atoms with E-state index in [1.807, 2.05) is 4.90 Å². The summed E-state index contributed by atoms with van der Waals surface area (Å²) in [6.45, 7) is 1.52. The van der Waals surface area contributed by atoms with Crippen LogP contribution in [-0.2, 0) is 0 Å². The van der Waals surface area contributed by atoms with Crippen LogP contribution in [-0.4, -0.2) is 13.1 Å². The molecule has 1 aliphatic heterocycles. The lowest BCUT2D eigenvalue weighted by atomic mass is 10.1. The summed E-state index contributed by atoms with van der Waals surface area (Å²) in [5.41, 5.74) is 0.570. The second kappa shape index (κ2) is 3.53. The summed E-state index contributed by atoms with van der Waals surface area (Å²) < 4.78 is 62.5. The Morgan fingerprint density at radius 3 is 1.72 bits per heavy atom. The van der Waals surface area contributed by atoms with Gasteiger partial charge < -0.3 is 4.90 Å². The van der Waals surface area contributed by atoms with Gasteiger partial charge in [-0.05, 0) is 43.5 Å². The molecule has 1 aromatic rings. The van der Waals surface area contributed by atoms with Crippen LogP contribution in [0, 0.1) is 0 Å². The van der Waals surface area contributed by atoms with Gasteiger partial charge in [0.1, 0.15) is 4.90 Å². The molecule has 0 radical (unpaired) electrons. The molecule has 1 saturated heterocycles.